The number of nitrogens with one attached hydrogen (secondary N) is 3. The predicted octanol–water partition coefficient (Wildman–Crippen LogP) is 5.68. The van der Waals surface area contributed by atoms with E-state index < -0.39 is 0 Å². The van der Waals surface area contributed by atoms with Crippen molar-refractivity contribution < 1.29 is 4.79 Å². The fourth-order valence-corrected chi connectivity index (χ4v) is 3.31. The number of aromatic nitrogens is 2. The first-order chi connectivity index (χ1) is 13.6. The number of hydrogen-bond acceptors (Lipinski definition) is 3. The molecule has 2 amide bonds. The van der Waals surface area contributed by atoms with Crippen LogP contribution in [0.5, 0.6) is 0 Å². The maximum Gasteiger partial charge on any atom is 0.321 e. The number of anilines is 1. The fourth-order valence-electron chi connectivity index (χ4n) is 3.31. The molecular weight excluding hydrogens is 352 g/mol. The summed E-state index contributed by atoms with van der Waals surface area (Å²) in [5, 5.41) is 5.36. The Morgan fingerprint density at radius 1 is 0.893 bits per heavy atom. The minimum Gasteiger partial charge on any atom is -0.338 e. The molecule has 6 nitrogen and oxygen atoms in total. The van der Waals surface area contributed by atoms with Gasteiger partial charge in [0.2, 0.25) is 5.95 Å². The van der Waals surface area contributed by atoms with E-state index in [-0.39, 0.29) is 17.5 Å². The second kappa shape index (κ2) is 16.1. The molecule has 3 N–H and O–H groups in total. The van der Waals surface area contributed by atoms with Crippen molar-refractivity contribution in [3.05, 3.63) is 22.1 Å². The Morgan fingerprint density at radius 2 is 1.39 bits per heavy atom. The molecule has 0 bridgehead atoms. The lowest BCUT2D eigenvalue weighted by molar-refractivity contribution is 0.251. The van der Waals surface area contributed by atoms with E-state index in [1.165, 1.54) is 83.1 Å². The van der Waals surface area contributed by atoms with Crippen LogP contribution >= 0.6 is 0 Å². The summed E-state index contributed by atoms with van der Waals surface area (Å²) in [4.78, 5) is 29.7. The van der Waals surface area contributed by atoms with E-state index in [9.17, 15) is 9.59 Å². The molecule has 0 radical (unpaired) electrons. The van der Waals surface area contributed by atoms with Gasteiger partial charge in [-0.15, -0.1) is 0 Å². The molecule has 0 atom stereocenters. The zero-order valence-corrected chi connectivity index (χ0v) is 17.9. The van der Waals surface area contributed by atoms with Crippen LogP contribution in [0.3, 0.4) is 0 Å². The van der Waals surface area contributed by atoms with Crippen molar-refractivity contribution in [2.45, 2.75) is 104 Å². The molecule has 160 valence electrons. The van der Waals surface area contributed by atoms with Crippen molar-refractivity contribution in [3.8, 4) is 0 Å². The molecule has 28 heavy (non-hydrogen) atoms. The summed E-state index contributed by atoms with van der Waals surface area (Å²) < 4.78 is 0. The third-order valence-electron chi connectivity index (χ3n) is 4.92. The molecule has 0 aliphatic heterocycles. The van der Waals surface area contributed by atoms with Gasteiger partial charge >= 0.3 is 6.03 Å². The zero-order chi connectivity index (χ0) is 20.5. The van der Waals surface area contributed by atoms with E-state index in [2.05, 4.69) is 27.5 Å². The maximum atomic E-state index is 11.8. The first-order valence-corrected chi connectivity index (χ1v) is 11.2. The third kappa shape index (κ3) is 13.3. The number of aryl methyl sites for hydroxylation is 1. The lowest BCUT2D eigenvalue weighted by atomic mass is 10.0. The van der Waals surface area contributed by atoms with Crippen molar-refractivity contribution in [3.63, 3.8) is 0 Å². The minimum absolute atomic E-state index is 0.184. The quantitative estimate of drug-likeness (QED) is 0.316. The van der Waals surface area contributed by atoms with Crippen molar-refractivity contribution >= 4 is 12.0 Å². The summed E-state index contributed by atoms with van der Waals surface area (Å²) in [5.41, 5.74) is 0.306. The normalized spacial score (nSPS) is 10.8. The van der Waals surface area contributed by atoms with Crippen LogP contribution in [0.15, 0.2) is 10.9 Å². The average molecular weight is 393 g/mol. The number of carbonyl (C=O) groups is 1. The molecule has 1 aromatic rings. The number of unbranched alkanes of at least 4 members (excludes halogenated alkanes) is 13. The molecule has 1 rings (SSSR count). The van der Waals surface area contributed by atoms with E-state index in [0.717, 1.165) is 12.8 Å². The molecule has 0 aliphatic carbocycles. The highest BCUT2D eigenvalue weighted by Crippen LogP contribution is 2.12. The highest BCUT2D eigenvalue weighted by Gasteiger charge is 2.03. The highest BCUT2D eigenvalue weighted by atomic mass is 16.2. The number of carbonyl (C=O) groups excluding carboxylic acids is 1. The van der Waals surface area contributed by atoms with E-state index in [1.807, 2.05) is 0 Å². The second-order valence-corrected chi connectivity index (χ2v) is 7.71. The largest absolute Gasteiger partial charge is 0.338 e. The highest BCUT2D eigenvalue weighted by molar-refractivity contribution is 5.87. The molecule has 6 heteroatoms. The minimum atomic E-state index is -0.330. The van der Waals surface area contributed by atoms with Crippen molar-refractivity contribution in [1.82, 2.24) is 15.3 Å². The Hall–Kier alpha value is -1.85. The number of urea groups is 1. The van der Waals surface area contributed by atoms with E-state index in [4.69, 9.17) is 0 Å². The van der Waals surface area contributed by atoms with Gasteiger partial charge in [0.1, 0.15) is 0 Å². The number of rotatable bonds is 16. The lowest BCUT2D eigenvalue weighted by Crippen LogP contribution is -2.31. The molecule has 0 saturated heterocycles. The smallest absolute Gasteiger partial charge is 0.321 e. The first-order valence-electron chi connectivity index (χ1n) is 11.2. The Labute approximate surface area is 170 Å². The van der Waals surface area contributed by atoms with Crippen LogP contribution in [-0.2, 0) is 0 Å². The van der Waals surface area contributed by atoms with Crippen LogP contribution in [0.4, 0.5) is 10.7 Å². The summed E-state index contributed by atoms with van der Waals surface area (Å²) in [6.07, 6.45) is 18.5. The first kappa shape index (κ1) is 24.2. The summed E-state index contributed by atoms with van der Waals surface area (Å²) >= 11 is 0. The molecule has 1 aromatic heterocycles. The third-order valence-corrected chi connectivity index (χ3v) is 4.92. The molecule has 0 fully saturated rings. The van der Waals surface area contributed by atoms with Crippen LogP contribution in [0, 0.1) is 6.92 Å². The van der Waals surface area contributed by atoms with Gasteiger partial charge in [0, 0.05) is 18.3 Å². The van der Waals surface area contributed by atoms with Crippen LogP contribution in [0.25, 0.3) is 0 Å². The van der Waals surface area contributed by atoms with Gasteiger partial charge in [0.25, 0.3) is 5.56 Å². The van der Waals surface area contributed by atoms with Crippen LogP contribution in [-0.4, -0.2) is 22.5 Å². The number of aromatic amines is 1. The number of nitrogens with zero attached hydrogens (tertiary/aromatic N) is 1. The molecule has 0 aromatic carbocycles. The summed E-state index contributed by atoms with van der Waals surface area (Å²) in [6.45, 7) is 4.62. The van der Waals surface area contributed by atoms with Crippen LogP contribution in [0.2, 0.25) is 0 Å². The van der Waals surface area contributed by atoms with E-state index in [1.54, 1.807) is 6.92 Å². The monoisotopic (exact) mass is 392 g/mol. The fraction of sp³-hybridized carbons (Fsp3) is 0.773. The lowest BCUT2D eigenvalue weighted by Gasteiger charge is -2.07. The molecule has 0 saturated carbocycles. The second-order valence-electron chi connectivity index (χ2n) is 7.71. The molecule has 0 unspecified atom stereocenters. The molecule has 0 aliphatic rings. The number of hydrogen-bond donors (Lipinski definition) is 3. The Morgan fingerprint density at radius 3 is 1.89 bits per heavy atom. The maximum absolute atomic E-state index is 11.8. The van der Waals surface area contributed by atoms with Gasteiger partial charge in [-0.3, -0.25) is 15.1 Å². The van der Waals surface area contributed by atoms with Gasteiger partial charge in [0.05, 0.1) is 0 Å². The van der Waals surface area contributed by atoms with E-state index in [0.29, 0.717) is 12.2 Å². The van der Waals surface area contributed by atoms with Gasteiger partial charge in [-0.2, -0.15) is 0 Å². The summed E-state index contributed by atoms with van der Waals surface area (Å²) in [7, 11) is 0. The van der Waals surface area contributed by atoms with Crippen molar-refractivity contribution in [1.29, 1.82) is 0 Å². The van der Waals surface area contributed by atoms with Crippen LogP contribution in [0.1, 0.15) is 103 Å². The number of amides is 2. The van der Waals surface area contributed by atoms with Gasteiger partial charge in [-0.25, -0.2) is 9.78 Å². The van der Waals surface area contributed by atoms with Gasteiger partial charge < -0.3 is 5.32 Å². The van der Waals surface area contributed by atoms with Crippen molar-refractivity contribution in [2.24, 2.45) is 0 Å². The number of H-pyrrole nitrogens is 1. The Bertz CT molecular complexity index is 586. The van der Waals surface area contributed by atoms with Crippen LogP contribution < -0.4 is 16.2 Å². The topological polar surface area (TPSA) is 86.9 Å². The van der Waals surface area contributed by atoms with Gasteiger partial charge in [0.15, 0.2) is 0 Å². The Balaban J connectivity index is 1.87. The standard InChI is InChI=1S/C22H40N4O2/c1-3-4-5-6-7-8-9-10-11-12-13-14-15-16-17-23-22(28)26-21-24-19(2)18-20(27)25-21/h18H,3-17H2,1-2H3,(H3,23,24,25,26,27,28). The predicted molar refractivity (Wildman–Crippen MR) is 117 cm³/mol. The Kier molecular flexibility index (Phi) is 13.9. The van der Waals surface area contributed by atoms with Gasteiger partial charge in [-0.05, 0) is 13.3 Å². The SMILES string of the molecule is CCCCCCCCCCCCCCCCNC(=O)Nc1nc(C)cc(=O)[nH]1. The summed E-state index contributed by atoms with van der Waals surface area (Å²) in [5.74, 6) is 0.184. The average Bonchev–Trinajstić information content (AvgIpc) is 2.64. The molecule has 1 heterocycles. The molecule has 0 spiro atoms. The van der Waals surface area contributed by atoms with Gasteiger partial charge in [-0.1, -0.05) is 90.4 Å². The molecular formula is C22H40N4O2. The van der Waals surface area contributed by atoms with E-state index >= 15 is 0 Å². The van der Waals surface area contributed by atoms with Crippen molar-refractivity contribution in [2.75, 3.05) is 11.9 Å². The zero-order valence-electron chi connectivity index (χ0n) is 17.9. The summed E-state index contributed by atoms with van der Waals surface area (Å²) in [6, 6.07) is 1.06.